The molecular formula is C17H18N6O2. The molecule has 8 nitrogen and oxygen atoms in total. The van der Waals surface area contributed by atoms with Gasteiger partial charge in [-0.25, -0.2) is 14.8 Å². The predicted molar refractivity (Wildman–Crippen MR) is 93.2 cm³/mol. The van der Waals surface area contributed by atoms with E-state index in [4.69, 9.17) is 4.74 Å². The second-order valence-electron chi connectivity index (χ2n) is 5.90. The zero-order valence-electron chi connectivity index (χ0n) is 13.8. The second kappa shape index (κ2) is 6.48. The average molecular weight is 338 g/mol. The van der Waals surface area contributed by atoms with Crippen LogP contribution >= 0.6 is 0 Å². The van der Waals surface area contributed by atoms with Crippen molar-refractivity contribution in [2.24, 2.45) is 7.05 Å². The molecule has 0 spiro atoms. The van der Waals surface area contributed by atoms with Crippen LogP contribution in [0.5, 0.6) is 0 Å². The van der Waals surface area contributed by atoms with Gasteiger partial charge in [-0.3, -0.25) is 10.00 Å². The Morgan fingerprint density at radius 1 is 1.20 bits per heavy atom. The van der Waals surface area contributed by atoms with Crippen molar-refractivity contribution >= 4 is 22.9 Å². The highest BCUT2D eigenvalue weighted by molar-refractivity contribution is 5.89. The highest BCUT2D eigenvalue weighted by atomic mass is 16.5. The molecule has 4 rings (SSSR count). The predicted octanol–water partition coefficient (Wildman–Crippen LogP) is 1.89. The van der Waals surface area contributed by atoms with E-state index >= 15 is 0 Å². The van der Waals surface area contributed by atoms with Gasteiger partial charge in [-0.05, 0) is 11.6 Å². The number of morpholine rings is 1. The van der Waals surface area contributed by atoms with E-state index in [0.29, 0.717) is 32.3 Å². The number of fused-ring (bicyclic) bond motifs is 1. The monoisotopic (exact) mass is 338 g/mol. The van der Waals surface area contributed by atoms with Crippen molar-refractivity contribution in [2.45, 2.75) is 0 Å². The van der Waals surface area contributed by atoms with E-state index < -0.39 is 0 Å². The number of hydrogen-bond donors (Lipinski definition) is 1. The summed E-state index contributed by atoms with van der Waals surface area (Å²) < 4.78 is 7.01. The van der Waals surface area contributed by atoms with E-state index in [1.165, 1.54) is 0 Å². The Labute approximate surface area is 144 Å². The molecule has 0 bridgehead atoms. The fraction of sp³-hybridized carbons (Fsp3) is 0.294. The minimum atomic E-state index is -0.203. The number of carbonyl (C=O) groups excluding carboxylic acids is 1. The van der Waals surface area contributed by atoms with Crippen LogP contribution in [0.1, 0.15) is 0 Å². The zero-order chi connectivity index (χ0) is 17.2. The van der Waals surface area contributed by atoms with Crippen molar-refractivity contribution in [2.75, 3.05) is 31.6 Å². The van der Waals surface area contributed by atoms with Crippen molar-refractivity contribution < 1.29 is 9.53 Å². The quantitative estimate of drug-likeness (QED) is 0.771. The van der Waals surface area contributed by atoms with Gasteiger partial charge in [-0.2, -0.15) is 5.10 Å². The van der Waals surface area contributed by atoms with Gasteiger partial charge in [0.15, 0.2) is 0 Å². The second-order valence-corrected chi connectivity index (χ2v) is 5.90. The van der Waals surface area contributed by atoms with Crippen LogP contribution in [0.2, 0.25) is 0 Å². The fourth-order valence-electron chi connectivity index (χ4n) is 2.77. The summed E-state index contributed by atoms with van der Waals surface area (Å²) in [5.74, 6) is 0.298. The van der Waals surface area contributed by atoms with E-state index in [2.05, 4.69) is 20.4 Å². The molecule has 0 radical (unpaired) electrons. The van der Waals surface area contributed by atoms with Gasteiger partial charge < -0.3 is 9.64 Å². The van der Waals surface area contributed by atoms with Gasteiger partial charge in [0.25, 0.3) is 0 Å². The summed E-state index contributed by atoms with van der Waals surface area (Å²) in [4.78, 5) is 22.7. The Balaban J connectivity index is 1.59. The summed E-state index contributed by atoms with van der Waals surface area (Å²) in [6.45, 7) is 2.26. The molecule has 1 aromatic carbocycles. The molecule has 1 aliphatic heterocycles. The molecule has 0 saturated carbocycles. The largest absolute Gasteiger partial charge is 0.378 e. The Hall–Kier alpha value is -3.00. The van der Waals surface area contributed by atoms with E-state index in [9.17, 15) is 4.79 Å². The van der Waals surface area contributed by atoms with Crippen LogP contribution in [0.4, 0.5) is 10.7 Å². The van der Waals surface area contributed by atoms with Gasteiger partial charge in [-0.1, -0.05) is 12.1 Å². The summed E-state index contributed by atoms with van der Waals surface area (Å²) in [5.41, 5.74) is 2.81. The van der Waals surface area contributed by atoms with Crippen LogP contribution in [0, 0.1) is 0 Å². The van der Waals surface area contributed by atoms with Gasteiger partial charge in [-0.15, -0.1) is 0 Å². The minimum absolute atomic E-state index is 0.203. The molecular weight excluding hydrogens is 320 g/mol. The first kappa shape index (κ1) is 15.5. The maximum atomic E-state index is 12.3. The van der Waals surface area contributed by atoms with Crippen LogP contribution < -0.4 is 5.32 Å². The summed E-state index contributed by atoms with van der Waals surface area (Å²) in [7, 11) is 1.88. The van der Waals surface area contributed by atoms with Gasteiger partial charge in [0.05, 0.1) is 24.9 Å². The summed E-state index contributed by atoms with van der Waals surface area (Å²) in [6, 6.07) is 5.74. The first-order valence-corrected chi connectivity index (χ1v) is 8.08. The molecule has 128 valence electrons. The van der Waals surface area contributed by atoms with Crippen molar-refractivity contribution in [3.8, 4) is 11.1 Å². The highest BCUT2D eigenvalue weighted by Gasteiger charge is 2.17. The Morgan fingerprint density at radius 3 is 2.80 bits per heavy atom. The lowest BCUT2D eigenvalue weighted by atomic mass is 10.1. The lowest BCUT2D eigenvalue weighted by Crippen LogP contribution is -2.43. The van der Waals surface area contributed by atoms with Crippen LogP contribution in [0.3, 0.4) is 0 Å². The molecule has 8 heteroatoms. The standard InChI is InChI=1S/C17H18N6O2/c1-22-11-14(10-19-22)12-2-3-13-9-18-16(20-15(13)8-12)21-17(24)23-4-6-25-7-5-23/h2-3,8-11H,4-7H2,1H3,(H,18,20,21,24). The van der Waals surface area contributed by atoms with Crippen molar-refractivity contribution in [1.82, 2.24) is 24.6 Å². The summed E-state index contributed by atoms with van der Waals surface area (Å²) in [5, 5.41) is 7.87. The Kier molecular flexibility index (Phi) is 4.02. The first-order chi connectivity index (χ1) is 12.2. The van der Waals surface area contributed by atoms with Gasteiger partial charge in [0, 0.05) is 43.5 Å². The van der Waals surface area contributed by atoms with Crippen molar-refractivity contribution in [1.29, 1.82) is 0 Å². The van der Waals surface area contributed by atoms with Crippen LogP contribution in [-0.2, 0) is 11.8 Å². The van der Waals surface area contributed by atoms with Crippen LogP contribution in [0.25, 0.3) is 22.0 Å². The number of anilines is 1. The molecule has 0 atom stereocenters. The lowest BCUT2D eigenvalue weighted by Gasteiger charge is -2.26. The third-order valence-corrected chi connectivity index (χ3v) is 4.14. The molecule has 1 N–H and O–H groups in total. The smallest absolute Gasteiger partial charge is 0.324 e. The number of amides is 2. The molecule has 3 heterocycles. The third-order valence-electron chi connectivity index (χ3n) is 4.14. The van der Waals surface area contributed by atoms with Gasteiger partial charge >= 0.3 is 6.03 Å². The van der Waals surface area contributed by atoms with E-state index in [1.807, 2.05) is 37.6 Å². The van der Waals surface area contributed by atoms with Gasteiger partial charge in [0.1, 0.15) is 0 Å². The molecule has 0 unspecified atom stereocenters. The van der Waals surface area contributed by atoms with E-state index in [1.54, 1.807) is 15.8 Å². The number of nitrogens with zero attached hydrogens (tertiary/aromatic N) is 5. The van der Waals surface area contributed by atoms with E-state index in [0.717, 1.165) is 22.0 Å². The maximum absolute atomic E-state index is 12.3. The maximum Gasteiger partial charge on any atom is 0.324 e. The molecule has 3 aromatic rings. The number of ether oxygens (including phenoxy) is 1. The molecule has 2 aromatic heterocycles. The number of rotatable bonds is 2. The molecule has 2 amide bonds. The number of carbonyl (C=O) groups is 1. The molecule has 1 fully saturated rings. The van der Waals surface area contributed by atoms with Crippen LogP contribution in [0.15, 0.2) is 36.8 Å². The molecule has 1 aliphatic rings. The highest BCUT2D eigenvalue weighted by Crippen LogP contribution is 2.23. The number of urea groups is 1. The third kappa shape index (κ3) is 3.29. The number of benzene rings is 1. The lowest BCUT2D eigenvalue weighted by molar-refractivity contribution is 0.0564. The average Bonchev–Trinajstić information content (AvgIpc) is 3.08. The zero-order valence-corrected chi connectivity index (χ0v) is 13.8. The normalized spacial score (nSPS) is 14.7. The van der Waals surface area contributed by atoms with Crippen LogP contribution in [-0.4, -0.2) is 57.0 Å². The van der Waals surface area contributed by atoms with E-state index in [-0.39, 0.29) is 6.03 Å². The summed E-state index contributed by atoms with van der Waals surface area (Å²) >= 11 is 0. The summed E-state index contributed by atoms with van der Waals surface area (Å²) in [6.07, 6.45) is 5.47. The first-order valence-electron chi connectivity index (χ1n) is 8.08. The number of hydrogen-bond acceptors (Lipinski definition) is 5. The fourth-order valence-corrected chi connectivity index (χ4v) is 2.77. The molecule has 1 saturated heterocycles. The minimum Gasteiger partial charge on any atom is -0.378 e. The van der Waals surface area contributed by atoms with Crippen molar-refractivity contribution in [3.05, 3.63) is 36.8 Å². The Bertz CT molecular complexity index is 916. The molecule has 0 aliphatic carbocycles. The van der Waals surface area contributed by atoms with Gasteiger partial charge in [0.2, 0.25) is 5.95 Å². The number of aromatic nitrogens is 4. The number of nitrogens with one attached hydrogen (secondary N) is 1. The molecule has 25 heavy (non-hydrogen) atoms. The SMILES string of the molecule is Cn1cc(-c2ccc3cnc(NC(=O)N4CCOCC4)nc3c2)cn1. The number of aryl methyl sites for hydroxylation is 1. The Morgan fingerprint density at radius 2 is 2.04 bits per heavy atom. The topological polar surface area (TPSA) is 85.2 Å². The van der Waals surface area contributed by atoms with Crippen molar-refractivity contribution in [3.63, 3.8) is 0 Å².